The first-order valence-electron chi connectivity index (χ1n) is 4.28. The maximum atomic E-state index is 11.6. The first-order valence-corrected chi connectivity index (χ1v) is 7.97. The van der Waals surface area contributed by atoms with Crippen LogP contribution in [0.15, 0.2) is 16.3 Å². The van der Waals surface area contributed by atoms with Crippen molar-refractivity contribution in [1.29, 1.82) is 0 Å². The van der Waals surface area contributed by atoms with Crippen LogP contribution in [0.5, 0.6) is 0 Å². The summed E-state index contributed by atoms with van der Waals surface area (Å²) in [6, 6.07) is 3.13. The van der Waals surface area contributed by atoms with Gasteiger partial charge >= 0.3 is 0 Å². The number of hydrogen-bond acceptors (Lipinski definition) is 5. The van der Waals surface area contributed by atoms with Gasteiger partial charge in [-0.05, 0) is 18.4 Å². The summed E-state index contributed by atoms with van der Waals surface area (Å²) in [4.78, 5) is 0.653. The van der Waals surface area contributed by atoms with E-state index in [1.165, 1.54) is 6.07 Å². The summed E-state index contributed by atoms with van der Waals surface area (Å²) in [7, 11) is -3.38. The molecule has 0 aliphatic carbocycles. The maximum absolute atomic E-state index is 11.6. The number of nitrogens with one attached hydrogen (secondary N) is 1. The highest BCUT2D eigenvalue weighted by atomic mass is 32.2. The van der Waals surface area contributed by atoms with E-state index in [2.05, 4.69) is 4.72 Å². The first kappa shape index (κ1) is 13.0. The average Bonchev–Trinajstić information content (AvgIpc) is 2.66. The lowest BCUT2D eigenvalue weighted by molar-refractivity contribution is 0.285. The molecule has 1 aromatic heterocycles. The molecule has 86 valence electrons. The van der Waals surface area contributed by atoms with Crippen molar-refractivity contribution < 1.29 is 13.5 Å². The lowest BCUT2D eigenvalue weighted by Crippen LogP contribution is -2.25. The smallest absolute Gasteiger partial charge is 0.250 e. The summed E-state index contributed by atoms with van der Waals surface area (Å²) in [5.74, 6) is 0.747. The SMILES string of the molecule is CSCCNS(=O)(=O)c1ccc(CO)s1. The van der Waals surface area contributed by atoms with Crippen molar-refractivity contribution in [2.45, 2.75) is 10.8 Å². The molecular formula is C8H13NO3S3. The summed E-state index contributed by atoms with van der Waals surface area (Å²) < 4.78 is 26.0. The number of rotatable bonds is 6. The average molecular weight is 267 g/mol. The van der Waals surface area contributed by atoms with Crippen molar-refractivity contribution in [2.75, 3.05) is 18.6 Å². The van der Waals surface area contributed by atoms with Crippen LogP contribution in [0.3, 0.4) is 0 Å². The zero-order valence-corrected chi connectivity index (χ0v) is 10.7. The molecule has 0 saturated heterocycles. The van der Waals surface area contributed by atoms with Crippen molar-refractivity contribution >= 4 is 33.1 Å². The van der Waals surface area contributed by atoms with Gasteiger partial charge in [0.2, 0.25) is 10.0 Å². The van der Waals surface area contributed by atoms with Gasteiger partial charge in [-0.15, -0.1) is 11.3 Å². The van der Waals surface area contributed by atoms with Crippen LogP contribution in [0.25, 0.3) is 0 Å². The van der Waals surface area contributed by atoms with Gasteiger partial charge in [0.25, 0.3) is 0 Å². The molecular weight excluding hydrogens is 254 g/mol. The van der Waals surface area contributed by atoms with E-state index in [9.17, 15) is 8.42 Å². The van der Waals surface area contributed by atoms with Crippen molar-refractivity contribution in [2.24, 2.45) is 0 Å². The Morgan fingerprint density at radius 2 is 2.27 bits per heavy atom. The van der Waals surface area contributed by atoms with E-state index >= 15 is 0 Å². The molecule has 0 amide bonds. The summed E-state index contributed by atoms with van der Waals surface area (Å²) in [6.45, 7) is 0.306. The summed E-state index contributed by atoms with van der Waals surface area (Å²) >= 11 is 2.67. The lowest BCUT2D eigenvalue weighted by Gasteiger charge is -2.02. The molecule has 0 radical (unpaired) electrons. The Balaban J connectivity index is 2.68. The van der Waals surface area contributed by atoms with Gasteiger partial charge in [-0.2, -0.15) is 11.8 Å². The quantitative estimate of drug-likeness (QED) is 0.751. The Morgan fingerprint density at radius 3 is 2.80 bits per heavy atom. The third-order valence-electron chi connectivity index (χ3n) is 1.66. The fourth-order valence-corrected chi connectivity index (χ4v) is 3.66. The summed E-state index contributed by atoms with van der Waals surface area (Å²) in [6.07, 6.45) is 1.92. The molecule has 0 atom stereocenters. The van der Waals surface area contributed by atoms with Crippen LogP contribution >= 0.6 is 23.1 Å². The van der Waals surface area contributed by atoms with Crippen LogP contribution in [-0.4, -0.2) is 32.1 Å². The molecule has 1 aromatic rings. The molecule has 0 bridgehead atoms. The van der Waals surface area contributed by atoms with Crippen molar-refractivity contribution in [1.82, 2.24) is 4.72 Å². The number of aliphatic hydroxyl groups excluding tert-OH is 1. The second kappa shape index (κ2) is 5.86. The normalized spacial score (nSPS) is 11.9. The van der Waals surface area contributed by atoms with Crippen LogP contribution in [-0.2, 0) is 16.6 Å². The van der Waals surface area contributed by atoms with Crippen LogP contribution in [0.2, 0.25) is 0 Å². The zero-order valence-electron chi connectivity index (χ0n) is 8.26. The highest BCUT2D eigenvalue weighted by molar-refractivity contribution is 7.98. The van der Waals surface area contributed by atoms with Gasteiger partial charge < -0.3 is 5.11 Å². The van der Waals surface area contributed by atoms with E-state index in [-0.39, 0.29) is 10.8 Å². The zero-order chi connectivity index (χ0) is 11.3. The molecule has 0 unspecified atom stereocenters. The fraction of sp³-hybridized carbons (Fsp3) is 0.500. The maximum Gasteiger partial charge on any atom is 0.250 e. The second-order valence-electron chi connectivity index (χ2n) is 2.77. The van der Waals surface area contributed by atoms with Crippen LogP contribution in [0.1, 0.15) is 4.88 Å². The Kier molecular flexibility index (Phi) is 5.07. The van der Waals surface area contributed by atoms with Gasteiger partial charge in [0, 0.05) is 17.2 Å². The van der Waals surface area contributed by atoms with Gasteiger partial charge in [0.1, 0.15) is 4.21 Å². The Hall–Kier alpha value is -0.0800. The highest BCUT2D eigenvalue weighted by Crippen LogP contribution is 2.21. The number of aliphatic hydroxyl groups is 1. The molecule has 0 aliphatic heterocycles. The van der Waals surface area contributed by atoms with Crippen molar-refractivity contribution in [3.05, 3.63) is 17.0 Å². The predicted molar refractivity (Wildman–Crippen MR) is 63.8 cm³/mol. The number of thioether (sulfide) groups is 1. The number of sulfonamides is 1. The van der Waals surface area contributed by atoms with Crippen LogP contribution in [0, 0.1) is 0 Å². The van der Waals surface area contributed by atoms with E-state index in [0.29, 0.717) is 11.4 Å². The van der Waals surface area contributed by atoms with Crippen molar-refractivity contribution in [3.63, 3.8) is 0 Å². The molecule has 4 nitrogen and oxygen atoms in total. The molecule has 7 heteroatoms. The van der Waals surface area contributed by atoms with Gasteiger partial charge in [-0.1, -0.05) is 0 Å². The summed E-state index contributed by atoms with van der Waals surface area (Å²) in [5, 5.41) is 8.82. The van der Waals surface area contributed by atoms with Crippen molar-refractivity contribution in [3.8, 4) is 0 Å². The van der Waals surface area contributed by atoms with E-state index in [1.54, 1.807) is 17.8 Å². The Bertz CT molecular complexity index is 399. The molecule has 1 rings (SSSR count). The molecule has 1 heterocycles. The summed E-state index contributed by atoms with van der Waals surface area (Å²) in [5.41, 5.74) is 0. The topological polar surface area (TPSA) is 66.4 Å². The van der Waals surface area contributed by atoms with Gasteiger partial charge in [0.05, 0.1) is 6.61 Å². The van der Waals surface area contributed by atoms with E-state index in [4.69, 9.17) is 5.11 Å². The molecule has 15 heavy (non-hydrogen) atoms. The molecule has 0 saturated carbocycles. The predicted octanol–water partition coefficient (Wildman–Crippen LogP) is 0.882. The molecule has 2 N–H and O–H groups in total. The minimum absolute atomic E-state index is 0.120. The minimum atomic E-state index is -3.38. The van der Waals surface area contributed by atoms with E-state index in [0.717, 1.165) is 17.1 Å². The van der Waals surface area contributed by atoms with E-state index in [1.807, 2.05) is 6.26 Å². The molecule has 0 spiro atoms. The van der Waals surface area contributed by atoms with Crippen LogP contribution in [0.4, 0.5) is 0 Å². The lowest BCUT2D eigenvalue weighted by atomic mass is 10.5. The number of hydrogen-bond donors (Lipinski definition) is 2. The first-order chi connectivity index (χ1) is 7.10. The van der Waals surface area contributed by atoms with E-state index < -0.39 is 10.0 Å². The molecule has 0 aliphatic rings. The Labute approximate surface area is 97.8 Å². The standard InChI is InChI=1S/C8H13NO3S3/c1-13-5-4-9-15(11,12)8-3-2-7(6-10)14-8/h2-3,9-10H,4-6H2,1H3. The van der Waals surface area contributed by atoms with Gasteiger partial charge in [-0.3, -0.25) is 0 Å². The van der Waals surface area contributed by atoms with Gasteiger partial charge in [-0.25, -0.2) is 13.1 Å². The molecule has 0 fully saturated rings. The Morgan fingerprint density at radius 1 is 1.53 bits per heavy atom. The second-order valence-corrected chi connectivity index (χ2v) is 6.92. The number of thiophene rings is 1. The third kappa shape index (κ3) is 3.76. The fourth-order valence-electron chi connectivity index (χ4n) is 0.937. The highest BCUT2D eigenvalue weighted by Gasteiger charge is 2.15. The minimum Gasteiger partial charge on any atom is -0.391 e. The largest absolute Gasteiger partial charge is 0.391 e. The third-order valence-corrected chi connectivity index (χ3v) is 5.29. The van der Waals surface area contributed by atoms with Gasteiger partial charge in [0.15, 0.2) is 0 Å². The van der Waals surface area contributed by atoms with Crippen LogP contribution < -0.4 is 4.72 Å². The molecule has 0 aromatic carbocycles. The monoisotopic (exact) mass is 267 g/mol.